The van der Waals surface area contributed by atoms with Crippen LogP contribution in [0.1, 0.15) is 25.6 Å². The van der Waals surface area contributed by atoms with Crippen molar-refractivity contribution >= 4 is 60.4 Å². The molecule has 2 heterocycles. The van der Waals surface area contributed by atoms with Crippen LogP contribution in [0.4, 0.5) is 0 Å². The predicted molar refractivity (Wildman–Crippen MR) is 138 cm³/mol. The second-order valence-corrected chi connectivity index (χ2v) is 10.0. The monoisotopic (exact) mass is 592 g/mol. The number of hydrogen-bond donors (Lipinski definition) is 1. The normalized spacial score (nSPS) is 16.8. The Balaban J connectivity index is 1.91. The van der Waals surface area contributed by atoms with Crippen molar-refractivity contribution < 1.29 is 14.3 Å². The van der Waals surface area contributed by atoms with Gasteiger partial charge in [-0.2, -0.15) is 0 Å². The third-order valence-corrected chi connectivity index (χ3v) is 6.65. The second kappa shape index (κ2) is 10.3. The highest BCUT2D eigenvalue weighted by atomic mass is 79.9. The maximum absolute atomic E-state index is 13.2. The Labute approximate surface area is 212 Å². The molecule has 0 aliphatic carbocycles. The van der Waals surface area contributed by atoms with Gasteiger partial charge < -0.3 is 9.47 Å². The van der Waals surface area contributed by atoms with Crippen molar-refractivity contribution in [1.29, 1.82) is 0 Å². The van der Waals surface area contributed by atoms with Crippen molar-refractivity contribution in [1.82, 2.24) is 10.3 Å². The molecule has 1 atom stereocenters. The molecular weight excluding hydrogens is 572 g/mol. The van der Waals surface area contributed by atoms with Gasteiger partial charge in [-0.3, -0.25) is 15.1 Å². The molecule has 1 N–H and O–H groups in total. The lowest BCUT2D eigenvalue weighted by atomic mass is 10.1. The molecule has 2 aromatic rings. The zero-order chi connectivity index (χ0) is 23.5. The Kier molecular flexibility index (Phi) is 7.45. The summed E-state index contributed by atoms with van der Waals surface area (Å²) in [4.78, 5) is 18.1. The van der Waals surface area contributed by atoms with Gasteiger partial charge in [0.25, 0.3) is 5.91 Å². The average Bonchev–Trinajstić information content (AvgIpc) is 2.78. The maximum Gasteiger partial charge on any atom is 0.276 e. The van der Waals surface area contributed by atoms with Crippen molar-refractivity contribution in [3.63, 3.8) is 0 Å². The van der Waals surface area contributed by atoms with E-state index in [1.807, 2.05) is 44.2 Å². The van der Waals surface area contributed by atoms with Crippen LogP contribution in [0, 0.1) is 0 Å². The lowest BCUT2D eigenvalue weighted by molar-refractivity contribution is -0.116. The summed E-state index contributed by atoms with van der Waals surface area (Å²) >= 11 is 8.58. The highest BCUT2D eigenvalue weighted by molar-refractivity contribution is 9.10. The number of carbonyl (C=O) groups is 1. The minimum atomic E-state index is -0.559. The number of nitrogens with one attached hydrogen (secondary N) is 1. The topological polar surface area (TPSA) is 75.5 Å². The van der Waals surface area contributed by atoms with E-state index in [1.165, 1.54) is 11.8 Å². The molecule has 0 unspecified atom stereocenters. The van der Waals surface area contributed by atoms with Gasteiger partial charge in [-0.05, 0) is 58.9 Å². The second-order valence-electron chi connectivity index (χ2n) is 7.01. The summed E-state index contributed by atoms with van der Waals surface area (Å²) in [6.45, 7) is 8.45. The molecule has 0 aromatic heterocycles. The zero-order valence-corrected chi connectivity index (χ0v) is 22.1. The number of ether oxygens (including phenoxy) is 2. The molecule has 7 nitrogen and oxygen atoms in total. The number of thioether (sulfide) groups is 1. The fourth-order valence-electron chi connectivity index (χ4n) is 3.55. The van der Waals surface area contributed by atoms with Crippen LogP contribution in [-0.4, -0.2) is 35.1 Å². The van der Waals surface area contributed by atoms with E-state index >= 15 is 0 Å². The average molecular weight is 594 g/mol. The summed E-state index contributed by atoms with van der Waals surface area (Å²) in [5.41, 5.74) is 1.26. The zero-order valence-electron chi connectivity index (χ0n) is 18.1. The van der Waals surface area contributed by atoms with E-state index in [0.29, 0.717) is 40.9 Å². The van der Waals surface area contributed by atoms with Gasteiger partial charge in [-0.25, -0.2) is 5.01 Å². The number of rotatable bonds is 7. The number of amides is 1. The van der Waals surface area contributed by atoms with Crippen LogP contribution >= 0.6 is 43.6 Å². The first-order valence-corrected chi connectivity index (χ1v) is 12.9. The lowest BCUT2D eigenvalue weighted by Gasteiger charge is -2.34. The van der Waals surface area contributed by atoms with Crippen molar-refractivity contribution in [2.75, 3.05) is 19.0 Å². The smallest absolute Gasteiger partial charge is 0.276 e. The minimum Gasteiger partial charge on any atom is -0.490 e. The fraction of sp³-hybridized carbons (Fsp3) is 0.261. The van der Waals surface area contributed by atoms with E-state index in [2.05, 4.69) is 43.8 Å². The molecule has 10 heteroatoms. The van der Waals surface area contributed by atoms with Gasteiger partial charge in [-0.15, -0.1) is 5.10 Å². The molecule has 2 aliphatic rings. The van der Waals surface area contributed by atoms with Crippen LogP contribution < -0.4 is 25.4 Å². The van der Waals surface area contributed by atoms with Crippen molar-refractivity contribution in [3.05, 3.63) is 68.1 Å². The van der Waals surface area contributed by atoms with Crippen LogP contribution in [0.3, 0.4) is 0 Å². The molecular formula is C23H22Br2N4O3S. The van der Waals surface area contributed by atoms with Crippen molar-refractivity contribution in [2.24, 2.45) is 10.1 Å². The number of fused-ring (bicyclic) bond motifs is 2. The van der Waals surface area contributed by atoms with Crippen molar-refractivity contribution in [2.45, 2.75) is 20.0 Å². The van der Waals surface area contributed by atoms with E-state index in [0.717, 1.165) is 25.5 Å². The van der Waals surface area contributed by atoms with Gasteiger partial charge in [0.2, 0.25) is 0 Å². The van der Waals surface area contributed by atoms with E-state index in [1.54, 1.807) is 11.1 Å². The van der Waals surface area contributed by atoms with Gasteiger partial charge in [-0.1, -0.05) is 47.3 Å². The molecule has 1 amide bonds. The van der Waals surface area contributed by atoms with E-state index in [-0.39, 0.29) is 5.91 Å². The number of halogens is 2. The predicted octanol–water partition coefficient (Wildman–Crippen LogP) is 4.07. The molecule has 172 valence electrons. The summed E-state index contributed by atoms with van der Waals surface area (Å²) in [6, 6.07) is 9.50. The fourth-order valence-corrected chi connectivity index (χ4v) is 5.07. The number of nitrogens with zero attached hydrogens (tertiary/aromatic N) is 3. The third kappa shape index (κ3) is 4.83. The molecule has 33 heavy (non-hydrogen) atoms. The maximum atomic E-state index is 13.2. The Hall–Kier alpha value is -2.30. The van der Waals surface area contributed by atoms with Crippen LogP contribution in [0.5, 0.6) is 11.5 Å². The lowest BCUT2D eigenvalue weighted by Crippen LogP contribution is -2.50. The van der Waals surface area contributed by atoms with Gasteiger partial charge >= 0.3 is 0 Å². The molecule has 0 saturated carbocycles. The van der Waals surface area contributed by atoms with Gasteiger partial charge in [0.1, 0.15) is 12.3 Å². The van der Waals surface area contributed by atoms with Gasteiger partial charge in [0.15, 0.2) is 22.8 Å². The molecule has 0 fully saturated rings. The standard InChI is InChI=1S/C23H22Br2N4O3S/c1-4-9-32-20-16(25)10-13(11-18(20)31-5-2)21-26-17-8-7-14(24)12-15(17)19-22(30)27-23(33-6-3)28-29(19)21/h4,7-8,10-12,21H,1,5-6,9H2,2-3H3,(H,27,28,30)/t21-/m0/s1. The number of benzene rings is 2. The number of carbonyl (C=O) groups excluding carboxylic acids is 1. The molecule has 0 radical (unpaired) electrons. The van der Waals surface area contributed by atoms with Crippen molar-refractivity contribution in [3.8, 4) is 11.5 Å². The molecule has 0 spiro atoms. The summed E-state index contributed by atoms with van der Waals surface area (Å²) in [5, 5.41) is 11.3. The first-order chi connectivity index (χ1) is 16.0. The molecule has 2 aromatic carbocycles. The Morgan fingerprint density at radius 1 is 1.24 bits per heavy atom. The van der Waals surface area contributed by atoms with E-state index in [4.69, 9.17) is 19.6 Å². The number of hydrogen-bond acceptors (Lipinski definition) is 7. The van der Waals surface area contributed by atoms with Crippen LogP contribution in [0.2, 0.25) is 0 Å². The number of amidine groups is 1. The van der Waals surface area contributed by atoms with Gasteiger partial charge in [0.05, 0.1) is 16.4 Å². The van der Waals surface area contributed by atoms with Crippen LogP contribution in [0.15, 0.2) is 62.0 Å². The largest absolute Gasteiger partial charge is 0.490 e. The van der Waals surface area contributed by atoms with Gasteiger partial charge in [0, 0.05) is 15.3 Å². The van der Waals surface area contributed by atoms with Crippen LogP contribution in [-0.2, 0) is 4.79 Å². The summed E-state index contributed by atoms with van der Waals surface area (Å²) in [5.74, 6) is 1.74. The quantitative estimate of drug-likeness (QED) is 0.490. The third-order valence-electron chi connectivity index (χ3n) is 4.83. The molecule has 4 rings (SSSR count). The molecule has 0 bridgehead atoms. The minimum absolute atomic E-state index is 0.213. The Morgan fingerprint density at radius 2 is 2.06 bits per heavy atom. The Bertz CT molecular complexity index is 1270. The summed E-state index contributed by atoms with van der Waals surface area (Å²) in [7, 11) is 0. The van der Waals surface area contributed by atoms with Crippen LogP contribution in [0.25, 0.3) is 5.70 Å². The highest BCUT2D eigenvalue weighted by Crippen LogP contribution is 2.41. The number of hydrazone groups is 1. The summed E-state index contributed by atoms with van der Waals surface area (Å²) < 4.78 is 13.3. The SMILES string of the molecule is C=CCOc1c(Br)cc([C@H]2N=c3ccc(Br)cc3=C3C(=O)NC(SCC)=NN32)cc1OCC. The molecule has 0 saturated heterocycles. The first kappa shape index (κ1) is 23.8. The highest BCUT2D eigenvalue weighted by Gasteiger charge is 2.35. The van der Waals surface area contributed by atoms with E-state index in [9.17, 15) is 4.79 Å². The molecule has 2 aliphatic heterocycles. The Morgan fingerprint density at radius 3 is 2.79 bits per heavy atom. The van der Waals surface area contributed by atoms with E-state index < -0.39 is 6.17 Å². The first-order valence-electron chi connectivity index (χ1n) is 10.4. The summed E-state index contributed by atoms with van der Waals surface area (Å²) in [6.07, 6.45) is 1.12.